The number of hydrogen-bond acceptors (Lipinski definition) is 2. The molecule has 3 aliphatic carbocycles. The molecule has 2 N–H and O–H groups in total. The van der Waals surface area contributed by atoms with Crippen LogP contribution in [0.25, 0.3) is 0 Å². The average Bonchev–Trinajstić information content (AvgIpc) is 2.46. The van der Waals surface area contributed by atoms with Crippen LogP contribution in [-0.2, 0) is 4.79 Å². The largest absolute Gasteiger partial charge is 0.481 e. The van der Waals surface area contributed by atoms with Crippen molar-refractivity contribution in [3.8, 4) is 0 Å². The zero-order valence-electron chi connectivity index (χ0n) is 14.0. The fraction of sp³-hybridized carbons (Fsp3) is 0.842. The predicted octanol–water partition coefficient (Wildman–Crippen LogP) is 4.01. The van der Waals surface area contributed by atoms with Gasteiger partial charge in [-0.25, -0.2) is 0 Å². The van der Waals surface area contributed by atoms with Crippen molar-refractivity contribution in [3.05, 3.63) is 12.2 Å². The predicted molar refractivity (Wildman–Crippen MR) is 86.4 cm³/mol. The summed E-state index contributed by atoms with van der Waals surface area (Å²) in [5.74, 6) is 0.0515. The molecule has 3 nitrogen and oxygen atoms in total. The van der Waals surface area contributed by atoms with Crippen LogP contribution >= 0.6 is 0 Å². The van der Waals surface area contributed by atoms with Gasteiger partial charge in [0.25, 0.3) is 0 Å². The molecule has 0 radical (unpaired) electrons. The summed E-state index contributed by atoms with van der Waals surface area (Å²) in [7, 11) is 0. The normalized spacial score (nSPS) is 48.4. The number of aliphatic carboxylic acids is 1. The summed E-state index contributed by atoms with van der Waals surface area (Å²) in [5, 5.41) is 20.0. The molecule has 0 heterocycles. The van der Waals surface area contributed by atoms with E-state index in [9.17, 15) is 15.0 Å². The van der Waals surface area contributed by atoms with E-state index in [0.717, 1.165) is 51.4 Å². The summed E-state index contributed by atoms with van der Waals surface area (Å²) in [6.45, 7) is 8.68. The topological polar surface area (TPSA) is 57.5 Å². The lowest BCUT2D eigenvalue weighted by atomic mass is 9.40. The van der Waals surface area contributed by atoms with Crippen LogP contribution in [0.5, 0.6) is 0 Å². The fourth-order valence-electron chi connectivity index (χ4n) is 6.57. The summed E-state index contributed by atoms with van der Waals surface area (Å²) in [6, 6.07) is 0. The van der Waals surface area contributed by atoms with Gasteiger partial charge in [0, 0.05) is 12.0 Å². The number of rotatable bonds is 2. The SMILES string of the molecule is C=C1CC[C@@H]2C(CO)(CCC3[C@](C)(C(=O)O)CCC[C@]32C)C1. The highest BCUT2D eigenvalue weighted by Crippen LogP contribution is 2.67. The Labute approximate surface area is 133 Å². The van der Waals surface area contributed by atoms with Gasteiger partial charge in [-0.15, -0.1) is 0 Å². The van der Waals surface area contributed by atoms with Crippen molar-refractivity contribution in [1.29, 1.82) is 0 Å². The van der Waals surface area contributed by atoms with Gasteiger partial charge in [0.05, 0.1) is 5.41 Å². The van der Waals surface area contributed by atoms with E-state index >= 15 is 0 Å². The van der Waals surface area contributed by atoms with Gasteiger partial charge in [0.2, 0.25) is 0 Å². The molecule has 0 spiro atoms. The second-order valence-corrected chi connectivity index (χ2v) is 8.71. The maximum Gasteiger partial charge on any atom is 0.309 e. The van der Waals surface area contributed by atoms with Crippen molar-refractivity contribution in [3.63, 3.8) is 0 Å². The van der Waals surface area contributed by atoms with Crippen LogP contribution in [0.15, 0.2) is 12.2 Å². The second-order valence-electron chi connectivity index (χ2n) is 8.71. The van der Waals surface area contributed by atoms with E-state index < -0.39 is 11.4 Å². The summed E-state index contributed by atoms with van der Waals surface area (Å²) in [5.41, 5.74) is 0.678. The Morgan fingerprint density at radius 1 is 1.23 bits per heavy atom. The van der Waals surface area contributed by atoms with E-state index in [1.54, 1.807) is 0 Å². The molecule has 3 aliphatic rings. The standard InChI is InChI=1S/C19H30O3/c1-13-5-6-15-17(2)8-4-9-18(3,16(21)22)14(17)7-10-19(15,11-13)12-20/h14-15,20H,1,4-12H2,2-3H3,(H,21,22)/t14?,15-,17+,18+,19?/m0/s1. The second kappa shape index (κ2) is 5.09. The van der Waals surface area contributed by atoms with Crippen molar-refractivity contribution in [1.82, 2.24) is 0 Å². The number of aliphatic hydroxyl groups excluding tert-OH is 1. The number of carboxylic acids is 1. The smallest absolute Gasteiger partial charge is 0.309 e. The molecule has 3 fully saturated rings. The minimum Gasteiger partial charge on any atom is -0.481 e. The van der Waals surface area contributed by atoms with Crippen LogP contribution in [0.2, 0.25) is 0 Å². The molecule has 22 heavy (non-hydrogen) atoms. The zero-order valence-corrected chi connectivity index (χ0v) is 14.0. The molecule has 5 atom stereocenters. The quantitative estimate of drug-likeness (QED) is 0.758. The maximum absolute atomic E-state index is 12.0. The van der Waals surface area contributed by atoms with Gasteiger partial charge in [0.15, 0.2) is 0 Å². The number of aliphatic hydroxyl groups is 1. The van der Waals surface area contributed by atoms with Crippen molar-refractivity contribution in [2.45, 2.75) is 65.2 Å². The summed E-state index contributed by atoms with van der Waals surface area (Å²) < 4.78 is 0. The minimum atomic E-state index is -0.625. The van der Waals surface area contributed by atoms with E-state index in [1.807, 2.05) is 6.92 Å². The van der Waals surface area contributed by atoms with Crippen molar-refractivity contribution < 1.29 is 15.0 Å². The lowest BCUT2D eigenvalue weighted by Gasteiger charge is -2.64. The highest BCUT2D eigenvalue weighted by atomic mass is 16.4. The molecule has 0 aliphatic heterocycles. The highest BCUT2D eigenvalue weighted by molar-refractivity contribution is 5.75. The van der Waals surface area contributed by atoms with Gasteiger partial charge in [-0.2, -0.15) is 0 Å². The number of hydrogen-bond donors (Lipinski definition) is 2. The third kappa shape index (κ3) is 2.01. The Morgan fingerprint density at radius 2 is 1.95 bits per heavy atom. The van der Waals surface area contributed by atoms with Gasteiger partial charge in [0.1, 0.15) is 0 Å². The third-order valence-corrected chi connectivity index (χ3v) is 7.63. The summed E-state index contributed by atoms with van der Waals surface area (Å²) in [6.07, 6.45) is 7.84. The Balaban J connectivity index is 2.02. The maximum atomic E-state index is 12.0. The summed E-state index contributed by atoms with van der Waals surface area (Å²) in [4.78, 5) is 12.0. The number of allylic oxidation sites excluding steroid dienone is 1. The van der Waals surface area contributed by atoms with Crippen LogP contribution in [-0.4, -0.2) is 22.8 Å². The summed E-state index contributed by atoms with van der Waals surface area (Å²) >= 11 is 0. The first-order valence-electron chi connectivity index (χ1n) is 8.79. The molecule has 0 aromatic carbocycles. The van der Waals surface area contributed by atoms with E-state index in [4.69, 9.17) is 0 Å². The number of carboxylic acid groups (broad SMARTS) is 1. The van der Waals surface area contributed by atoms with Crippen molar-refractivity contribution in [2.75, 3.05) is 6.61 Å². The minimum absolute atomic E-state index is 0.0443. The third-order valence-electron chi connectivity index (χ3n) is 7.63. The first-order valence-corrected chi connectivity index (χ1v) is 8.79. The lowest BCUT2D eigenvalue weighted by molar-refractivity contribution is -0.185. The Bertz CT molecular complexity index is 499. The Hall–Kier alpha value is -0.830. The lowest BCUT2D eigenvalue weighted by Crippen LogP contribution is -2.59. The first-order chi connectivity index (χ1) is 10.3. The molecule has 0 bridgehead atoms. The van der Waals surface area contributed by atoms with Crippen molar-refractivity contribution >= 4 is 5.97 Å². The van der Waals surface area contributed by atoms with Gasteiger partial charge in [-0.1, -0.05) is 25.5 Å². The zero-order chi connectivity index (χ0) is 16.2. The molecule has 0 aromatic rings. The number of carbonyl (C=O) groups is 1. The molecule has 0 aromatic heterocycles. The van der Waals surface area contributed by atoms with E-state index in [2.05, 4.69) is 13.5 Å². The first kappa shape index (κ1) is 16.0. The van der Waals surface area contributed by atoms with Crippen LogP contribution in [0.1, 0.15) is 65.2 Å². The molecule has 0 amide bonds. The van der Waals surface area contributed by atoms with Gasteiger partial charge < -0.3 is 10.2 Å². The van der Waals surface area contributed by atoms with E-state index in [-0.39, 0.29) is 23.4 Å². The van der Waals surface area contributed by atoms with E-state index in [1.165, 1.54) is 5.57 Å². The van der Waals surface area contributed by atoms with Crippen molar-refractivity contribution in [2.24, 2.45) is 28.1 Å². The van der Waals surface area contributed by atoms with Gasteiger partial charge >= 0.3 is 5.97 Å². The molecule has 124 valence electrons. The molecule has 3 saturated carbocycles. The van der Waals surface area contributed by atoms with Crippen LogP contribution in [0.4, 0.5) is 0 Å². The van der Waals surface area contributed by atoms with Crippen LogP contribution in [0.3, 0.4) is 0 Å². The molecule has 3 rings (SSSR count). The molecular weight excluding hydrogens is 276 g/mol. The monoisotopic (exact) mass is 306 g/mol. The average molecular weight is 306 g/mol. The van der Waals surface area contributed by atoms with E-state index in [0.29, 0.717) is 5.92 Å². The Morgan fingerprint density at radius 3 is 2.59 bits per heavy atom. The van der Waals surface area contributed by atoms with Gasteiger partial charge in [-0.05, 0) is 69.1 Å². The molecular formula is C19H30O3. The van der Waals surface area contributed by atoms with Crippen LogP contribution < -0.4 is 0 Å². The number of fused-ring (bicyclic) bond motifs is 3. The Kier molecular flexibility index (Phi) is 3.71. The van der Waals surface area contributed by atoms with Crippen LogP contribution in [0, 0.1) is 28.1 Å². The fourth-order valence-corrected chi connectivity index (χ4v) is 6.57. The molecule has 2 unspecified atom stereocenters. The van der Waals surface area contributed by atoms with Gasteiger partial charge in [-0.3, -0.25) is 4.79 Å². The highest BCUT2D eigenvalue weighted by Gasteiger charge is 2.62. The molecule has 0 saturated heterocycles. The molecule has 3 heteroatoms.